The van der Waals surface area contributed by atoms with Crippen LogP contribution in [0.4, 0.5) is 13.2 Å². The molecule has 3 heterocycles. The van der Waals surface area contributed by atoms with E-state index in [4.69, 9.17) is 11.6 Å². The minimum absolute atomic E-state index is 0.105. The maximum atomic E-state index is 13.2. The average Bonchev–Trinajstić information content (AvgIpc) is 3.10. The highest BCUT2D eigenvalue weighted by Crippen LogP contribution is 2.34. The lowest BCUT2D eigenvalue weighted by molar-refractivity contribution is -0.141. The number of ether oxygens (including phenoxy) is 1. The van der Waals surface area contributed by atoms with E-state index in [0.29, 0.717) is 15.6 Å². The van der Waals surface area contributed by atoms with Gasteiger partial charge in [-0.3, -0.25) is 9.78 Å². The molecule has 0 fully saturated rings. The molecular formula is C17H11ClF3N3O3S. The minimum Gasteiger partial charge on any atom is -0.462 e. The Kier molecular flexibility index (Phi) is 5.52. The molecule has 0 bridgehead atoms. The number of nitrogens with one attached hydrogen (secondary N) is 1. The number of alkyl halides is 3. The van der Waals surface area contributed by atoms with Crippen molar-refractivity contribution in [1.82, 2.24) is 15.0 Å². The summed E-state index contributed by atoms with van der Waals surface area (Å²) in [6.45, 7) is 1.34. The zero-order valence-electron chi connectivity index (χ0n) is 14.1. The molecule has 28 heavy (non-hydrogen) atoms. The smallest absolute Gasteiger partial charge is 0.432 e. The quantitative estimate of drug-likeness (QED) is 0.621. The van der Waals surface area contributed by atoms with Crippen LogP contribution in [0.5, 0.6) is 0 Å². The molecule has 0 spiro atoms. The molecule has 0 aliphatic heterocycles. The lowest BCUT2D eigenvalue weighted by Gasteiger charge is -2.12. The first kappa shape index (κ1) is 20.0. The molecule has 0 radical (unpaired) electrons. The zero-order chi connectivity index (χ0) is 20.5. The van der Waals surface area contributed by atoms with Crippen molar-refractivity contribution in [1.29, 1.82) is 0 Å². The molecule has 3 aromatic rings. The minimum atomic E-state index is -4.93. The standard InChI is InChI=1S/C17H11ClF3N3O3S/c1-2-27-16(26)10-5-9(14(25)24-13(10)17(19,20)21)12-7-28-15(23-12)8-3-4-22-6-11(8)18/h3-7H,2H2,1H3,(H,24,25). The second kappa shape index (κ2) is 7.72. The topological polar surface area (TPSA) is 84.9 Å². The number of aromatic amines is 1. The van der Waals surface area contributed by atoms with Gasteiger partial charge in [-0.15, -0.1) is 11.3 Å². The van der Waals surface area contributed by atoms with Crippen molar-refractivity contribution in [2.24, 2.45) is 0 Å². The van der Waals surface area contributed by atoms with Gasteiger partial charge in [-0.2, -0.15) is 13.2 Å². The Bertz CT molecular complexity index is 1090. The average molecular weight is 430 g/mol. The molecule has 0 aromatic carbocycles. The zero-order valence-corrected chi connectivity index (χ0v) is 15.7. The molecule has 6 nitrogen and oxygen atoms in total. The van der Waals surface area contributed by atoms with Crippen molar-refractivity contribution < 1.29 is 22.7 Å². The number of halogens is 4. The van der Waals surface area contributed by atoms with Gasteiger partial charge in [0, 0.05) is 23.3 Å². The Labute approximate surface area is 165 Å². The Morgan fingerprint density at radius 2 is 2.11 bits per heavy atom. The second-order valence-electron chi connectivity index (χ2n) is 5.41. The summed E-state index contributed by atoms with van der Waals surface area (Å²) in [4.78, 5) is 34.1. The highest BCUT2D eigenvalue weighted by Gasteiger charge is 2.38. The molecule has 0 atom stereocenters. The summed E-state index contributed by atoms with van der Waals surface area (Å²) in [6, 6.07) is 2.46. The number of esters is 1. The summed E-state index contributed by atoms with van der Waals surface area (Å²) in [5.74, 6) is -1.19. The predicted octanol–water partition coefficient (Wildman–Crippen LogP) is 4.41. The van der Waals surface area contributed by atoms with Gasteiger partial charge < -0.3 is 9.72 Å². The number of nitrogens with zero attached hydrogens (tertiary/aromatic N) is 2. The summed E-state index contributed by atoms with van der Waals surface area (Å²) in [5, 5.41) is 2.26. The number of thiazole rings is 1. The summed E-state index contributed by atoms with van der Waals surface area (Å²) >= 11 is 7.21. The molecule has 1 N–H and O–H groups in total. The van der Waals surface area contributed by atoms with E-state index >= 15 is 0 Å². The number of carbonyl (C=O) groups excluding carboxylic acids is 1. The fraction of sp³-hybridized carbons (Fsp3) is 0.176. The van der Waals surface area contributed by atoms with E-state index < -0.39 is 29.0 Å². The highest BCUT2D eigenvalue weighted by atomic mass is 35.5. The van der Waals surface area contributed by atoms with E-state index in [-0.39, 0.29) is 17.9 Å². The SMILES string of the molecule is CCOC(=O)c1cc(-c2csc(-c3ccncc3Cl)n2)c(=O)[nH]c1C(F)(F)F. The van der Waals surface area contributed by atoms with Crippen molar-refractivity contribution in [3.63, 3.8) is 0 Å². The van der Waals surface area contributed by atoms with Crippen LogP contribution in [-0.2, 0) is 10.9 Å². The van der Waals surface area contributed by atoms with Gasteiger partial charge in [-0.05, 0) is 19.1 Å². The number of rotatable bonds is 4. The van der Waals surface area contributed by atoms with E-state index in [1.165, 1.54) is 24.7 Å². The summed E-state index contributed by atoms with van der Waals surface area (Å²) in [5.41, 5.74) is -2.81. The molecule has 0 aliphatic carbocycles. The predicted molar refractivity (Wildman–Crippen MR) is 97.4 cm³/mol. The Balaban J connectivity index is 2.13. The van der Waals surface area contributed by atoms with Crippen LogP contribution in [0.25, 0.3) is 21.8 Å². The van der Waals surface area contributed by atoms with Crippen molar-refractivity contribution in [2.45, 2.75) is 13.1 Å². The second-order valence-corrected chi connectivity index (χ2v) is 6.68. The van der Waals surface area contributed by atoms with Crippen molar-refractivity contribution in [2.75, 3.05) is 6.61 Å². The molecular weight excluding hydrogens is 419 g/mol. The molecule has 0 saturated carbocycles. The highest BCUT2D eigenvalue weighted by molar-refractivity contribution is 7.13. The van der Waals surface area contributed by atoms with Gasteiger partial charge in [-0.25, -0.2) is 9.78 Å². The third-order valence-electron chi connectivity index (χ3n) is 3.60. The maximum Gasteiger partial charge on any atom is 0.432 e. The van der Waals surface area contributed by atoms with Crippen molar-refractivity contribution in [3.8, 4) is 21.8 Å². The van der Waals surface area contributed by atoms with Crippen LogP contribution in [0.1, 0.15) is 23.0 Å². The van der Waals surface area contributed by atoms with Crippen LogP contribution in [0.2, 0.25) is 5.02 Å². The Morgan fingerprint density at radius 3 is 2.75 bits per heavy atom. The van der Waals surface area contributed by atoms with E-state index in [0.717, 1.165) is 17.4 Å². The van der Waals surface area contributed by atoms with Gasteiger partial charge in [-0.1, -0.05) is 11.6 Å². The fourth-order valence-electron chi connectivity index (χ4n) is 2.38. The molecule has 3 aromatic heterocycles. The van der Waals surface area contributed by atoms with E-state index in [9.17, 15) is 22.8 Å². The first-order valence-corrected chi connectivity index (χ1v) is 9.05. The van der Waals surface area contributed by atoms with E-state index in [1.54, 1.807) is 11.1 Å². The van der Waals surface area contributed by atoms with Crippen LogP contribution in [0.3, 0.4) is 0 Å². The van der Waals surface area contributed by atoms with Gasteiger partial charge in [0.05, 0.1) is 28.5 Å². The first-order chi connectivity index (χ1) is 13.2. The van der Waals surface area contributed by atoms with Crippen LogP contribution < -0.4 is 5.56 Å². The molecule has 146 valence electrons. The van der Waals surface area contributed by atoms with Crippen LogP contribution in [0.15, 0.2) is 34.7 Å². The van der Waals surface area contributed by atoms with E-state index in [1.807, 2.05) is 0 Å². The Hall–Kier alpha value is -2.72. The molecule has 3 rings (SSSR count). The van der Waals surface area contributed by atoms with Crippen molar-refractivity contribution >= 4 is 28.9 Å². The van der Waals surface area contributed by atoms with Gasteiger partial charge in [0.15, 0.2) is 0 Å². The normalized spacial score (nSPS) is 11.5. The monoisotopic (exact) mass is 429 g/mol. The molecule has 11 heteroatoms. The summed E-state index contributed by atoms with van der Waals surface area (Å²) in [6.07, 6.45) is -2.01. The van der Waals surface area contributed by atoms with Gasteiger partial charge in [0.2, 0.25) is 0 Å². The largest absolute Gasteiger partial charge is 0.462 e. The number of hydrogen-bond acceptors (Lipinski definition) is 6. The van der Waals surface area contributed by atoms with Gasteiger partial charge in [0.25, 0.3) is 5.56 Å². The molecule has 0 aliphatic rings. The maximum absolute atomic E-state index is 13.2. The van der Waals surface area contributed by atoms with Gasteiger partial charge in [0.1, 0.15) is 10.7 Å². The van der Waals surface area contributed by atoms with Crippen LogP contribution in [0, 0.1) is 0 Å². The lowest BCUT2D eigenvalue weighted by atomic mass is 10.1. The summed E-state index contributed by atoms with van der Waals surface area (Å²) in [7, 11) is 0. The third-order valence-corrected chi connectivity index (χ3v) is 4.78. The third kappa shape index (κ3) is 3.92. The van der Waals surface area contributed by atoms with Crippen molar-refractivity contribution in [3.05, 3.63) is 56.5 Å². The van der Waals surface area contributed by atoms with Crippen LogP contribution in [-0.4, -0.2) is 27.5 Å². The fourth-order valence-corrected chi connectivity index (χ4v) is 3.51. The number of hydrogen-bond donors (Lipinski definition) is 1. The summed E-state index contributed by atoms with van der Waals surface area (Å²) < 4.78 is 44.3. The van der Waals surface area contributed by atoms with Gasteiger partial charge >= 0.3 is 12.1 Å². The number of carbonyl (C=O) groups is 1. The van der Waals surface area contributed by atoms with Crippen LogP contribution >= 0.6 is 22.9 Å². The molecule has 0 amide bonds. The first-order valence-electron chi connectivity index (χ1n) is 7.79. The molecule has 0 saturated heterocycles. The Morgan fingerprint density at radius 1 is 1.36 bits per heavy atom. The number of pyridine rings is 2. The molecule has 0 unspecified atom stereocenters. The number of H-pyrrole nitrogens is 1. The lowest BCUT2D eigenvalue weighted by Crippen LogP contribution is -2.23. The number of aromatic nitrogens is 3. The van der Waals surface area contributed by atoms with E-state index in [2.05, 4.69) is 14.7 Å².